The van der Waals surface area contributed by atoms with E-state index < -0.39 is 22.9 Å². The van der Waals surface area contributed by atoms with Gasteiger partial charge in [0, 0.05) is 11.6 Å². The van der Waals surface area contributed by atoms with Gasteiger partial charge >= 0.3 is 6.18 Å². The number of hydrogen-bond acceptors (Lipinski definition) is 3. The Kier molecular flexibility index (Phi) is 2.86. The first-order chi connectivity index (χ1) is 7.80. The Morgan fingerprint density at radius 1 is 1.47 bits per heavy atom. The van der Waals surface area contributed by atoms with E-state index in [4.69, 9.17) is 0 Å². The van der Waals surface area contributed by atoms with Crippen molar-refractivity contribution in [3.8, 4) is 0 Å². The largest absolute Gasteiger partial charge is 0.418 e. The van der Waals surface area contributed by atoms with Crippen molar-refractivity contribution in [2.45, 2.75) is 18.9 Å². The smallest absolute Gasteiger partial charge is 0.359 e. The zero-order valence-electron chi connectivity index (χ0n) is 8.12. The number of nitro groups is 1. The van der Waals surface area contributed by atoms with Crippen molar-refractivity contribution in [3.05, 3.63) is 37.8 Å². The van der Waals surface area contributed by atoms with Crippen LogP contribution in [0.4, 0.5) is 18.9 Å². The summed E-state index contributed by atoms with van der Waals surface area (Å²) in [5.41, 5.74) is -0.277. The van der Waals surface area contributed by atoms with E-state index in [0.29, 0.717) is 5.56 Å². The van der Waals surface area contributed by atoms with E-state index in [9.17, 15) is 23.3 Å². The van der Waals surface area contributed by atoms with Gasteiger partial charge in [0.25, 0.3) is 5.69 Å². The number of ether oxygens (including phenoxy) is 1. The minimum absolute atomic E-state index is 0.146. The van der Waals surface area contributed by atoms with Gasteiger partial charge in [-0.25, -0.2) is 0 Å². The van der Waals surface area contributed by atoms with Crippen LogP contribution in [-0.4, -0.2) is 11.1 Å². The molecule has 17 heavy (non-hydrogen) atoms. The highest BCUT2D eigenvalue weighted by Crippen LogP contribution is 2.45. The summed E-state index contributed by atoms with van der Waals surface area (Å²) < 4.78 is 42.5. The van der Waals surface area contributed by atoms with Crippen LogP contribution in [0.2, 0.25) is 0 Å². The van der Waals surface area contributed by atoms with Crippen LogP contribution in [0.3, 0.4) is 0 Å². The van der Waals surface area contributed by atoms with Crippen molar-refractivity contribution < 1.29 is 22.8 Å². The Bertz CT molecular complexity index is 489. The van der Waals surface area contributed by atoms with Crippen LogP contribution in [0.1, 0.15) is 17.2 Å². The minimum Gasteiger partial charge on any atom is -0.359 e. The Morgan fingerprint density at radius 2 is 2.12 bits per heavy atom. The standard InChI is InChI=1S/C9H5BrF3NO3/c10-6-1-4-3-17-8(9(11,12)13)5(4)2-7(6)14(15)16/h1-2,8H,3H2. The molecule has 0 aromatic heterocycles. The second-order valence-corrected chi connectivity index (χ2v) is 4.35. The third-order valence-electron chi connectivity index (χ3n) is 2.39. The summed E-state index contributed by atoms with van der Waals surface area (Å²) in [4.78, 5) is 9.89. The van der Waals surface area contributed by atoms with Crippen molar-refractivity contribution in [3.63, 3.8) is 0 Å². The number of hydrogen-bond donors (Lipinski definition) is 0. The third kappa shape index (κ3) is 2.14. The molecule has 1 atom stereocenters. The Morgan fingerprint density at radius 3 is 2.65 bits per heavy atom. The summed E-state index contributed by atoms with van der Waals surface area (Å²) in [5.74, 6) is 0. The lowest BCUT2D eigenvalue weighted by molar-refractivity contribution is -0.385. The molecule has 2 rings (SSSR count). The van der Waals surface area contributed by atoms with Gasteiger partial charge < -0.3 is 4.74 Å². The summed E-state index contributed by atoms with van der Waals surface area (Å²) in [6.45, 7) is -0.198. The van der Waals surface area contributed by atoms with E-state index in [1.165, 1.54) is 6.07 Å². The first-order valence-corrected chi connectivity index (χ1v) is 5.25. The summed E-state index contributed by atoms with van der Waals surface area (Å²) in [7, 11) is 0. The van der Waals surface area contributed by atoms with Crippen molar-refractivity contribution >= 4 is 21.6 Å². The van der Waals surface area contributed by atoms with Crippen LogP contribution in [0.25, 0.3) is 0 Å². The van der Waals surface area contributed by atoms with Crippen LogP contribution in [0, 0.1) is 10.1 Å². The van der Waals surface area contributed by atoms with E-state index in [1.807, 2.05) is 0 Å². The van der Waals surface area contributed by atoms with Crippen molar-refractivity contribution in [2.24, 2.45) is 0 Å². The van der Waals surface area contributed by atoms with Crippen LogP contribution in [0.5, 0.6) is 0 Å². The van der Waals surface area contributed by atoms with Crippen LogP contribution < -0.4 is 0 Å². The fourth-order valence-electron chi connectivity index (χ4n) is 1.66. The summed E-state index contributed by atoms with van der Waals surface area (Å²) in [6.07, 6.45) is -6.64. The predicted molar refractivity (Wildman–Crippen MR) is 54.4 cm³/mol. The first-order valence-electron chi connectivity index (χ1n) is 4.45. The average molecular weight is 312 g/mol. The lowest BCUT2D eigenvalue weighted by atomic mass is 10.0. The average Bonchev–Trinajstić information content (AvgIpc) is 2.57. The van der Waals surface area contributed by atoms with Gasteiger partial charge in [0.05, 0.1) is 16.0 Å². The monoisotopic (exact) mass is 311 g/mol. The molecule has 1 aliphatic rings. The normalized spacial score (nSPS) is 19.2. The molecule has 0 radical (unpaired) electrons. The Labute approximate surface area is 102 Å². The maximum absolute atomic E-state index is 12.6. The van der Waals surface area contributed by atoms with Gasteiger partial charge in [-0.05, 0) is 27.6 Å². The van der Waals surface area contributed by atoms with Gasteiger partial charge in [-0.1, -0.05) is 0 Å². The van der Waals surface area contributed by atoms with E-state index in [2.05, 4.69) is 20.7 Å². The highest BCUT2D eigenvalue weighted by Gasteiger charge is 2.46. The predicted octanol–water partition coefficient (Wildman–Crippen LogP) is 3.49. The molecule has 8 heteroatoms. The van der Waals surface area contributed by atoms with Crippen molar-refractivity contribution in [1.82, 2.24) is 0 Å². The Hall–Kier alpha value is -1.15. The molecule has 0 bridgehead atoms. The van der Waals surface area contributed by atoms with Gasteiger partial charge in [-0.15, -0.1) is 0 Å². The van der Waals surface area contributed by atoms with Crippen molar-refractivity contribution in [2.75, 3.05) is 0 Å². The van der Waals surface area contributed by atoms with Crippen LogP contribution in [0.15, 0.2) is 16.6 Å². The lowest BCUT2D eigenvalue weighted by Gasteiger charge is -2.14. The summed E-state index contributed by atoms with van der Waals surface area (Å²) >= 11 is 2.94. The lowest BCUT2D eigenvalue weighted by Crippen LogP contribution is -2.19. The van der Waals surface area contributed by atoms with Crippen LogP contribution in [-0.2, 0) is 11.3 Å². The second kappa shape index (κ2) is 3.95. The molecular formula is C9H5BrF3NO3. The number of benzene rings is 1. The van der Waals surface area contributed by atoms with Crippen molar-refractivity contribution in [1.29, 1.82) is 0 Å². The molecule has 0 spiro atoms. The first kappa shape index (κ1) is 12.3. The molecule has 0 saturated heterocycles. The molecule has 0 amide bonds. The van der Waals surface area contributed by atoms with Crippen LogP contribution >= 0.6 is 15.9 Å². The highest BCUT2D eigenvalue weighted by molar-refractivity contribution is 9.10. The van der Waals surface area contributed by atoms with Gasteiger partial charge in [-0.3, -0.25) is 10.1 Å². The maximum atomic E-state index is 12.6. The molecule has 1 unspecified atom stereocenters. The molecule has 0 saturated carbocycles. The van der Waals surface area contributed by atoms with E-state index >= 15 is 0 Å². The van der Waals surface area contributed by atoms with E-state index in [1.54, 1.807) is 0 Å². The zero-order valence-corrected chi connectivity index (χ0v) is 9.71. The Balaban J connectivity index is 2.53. The SMILES string of the molecule is O=[N+]([O-])c1cc2c(cc1Br)COC2C(F)(F)F. The molecule has 1 aliphatic heterocycles. The molecule has 0 aliphatic carbocycles. The number of nitrogens with zero attached hydrogens (tertiary/aromatic N) is 1. The van der Waals surface area contributed by atoms with E-state index in [-0.39, 0.29) is 16.6 Å². The number of alkyl halides is 3. The number of nitro benzene ring substituents is 1. The fourth-order valence-corrected chi connectivity index (χ4v) is 2.20. The highest BCUT2D eigenvalue weighted by atomic mass is 79.9. The van der Waals surface area contributed by atoms with Gasteiger partial charge in [-0.2, -0.15) is 13.2 Å². The molecule has 92 valence electrons. The zero-order chi connectivity index (χ0) is 12.8. The maximum Gasteiger partial charge on any atom is 0.418 e. The number of halogens is 4. The second-order valence-electron chi connectivity index (χ2n) is 3.49. The number of rotatable bonds is 1. The molecule has 1 aromatic carbocycles. The molecule has 1 heterocycles. The third-order valence-corrected chi connectivity index (χ3v) is 3.03. The molecule has 1 aromatic rings. The topological polar surface area (TPSA) is 52.4 Å². The van der Waals surface area contributed by atoms with Gasteiger partial charge in [0.2, 0.25) is 0 Å². The van der Waals surface area contributed by atoms with E-state index in [0.717, 1.165) is 6.07 Å². The summed E-state index contributed by atoms with van der Waals surface area (Å²) in [5, 5.41) is 10.6. The fraction of sp³-hybridized carbons (Fsp3) is 0.333. The number of fused-ring (bicyclic) bond motifs is 1. The quantitative estimate of drug-likeness (QED) is 0.589. The molecule has 0 N–H and O–H groups in total. The van der Waals surface area contributed by atoms with Gasteiger partial charge in [0.15, 0.2) is 6.10 Å². The molecule has 4 nitrogen and oxygen atoms in total. The summed E-state index contributed by atoms with van der Waals surface area (Å²) in [6, 6.07) is 2.20. The minimum atomic E-state index is -4.56. The molecule has 0 fully saturated rings. The molecular weight excluding hydrogens is 307 g/mol. The van der Waals surface area contributed by atoms with Gasteiger partial charge in [0.1, 0.15) is 0 Å².